The topological polar surface area (TPSA) is 4.93 Å². The number of aromatic nitrogens is 1. The molecule has 0 unspecified atom stereocenters. The van der Waals surface area contributed by atoms with Gasteiger partial charge in [0.2, 0.25) is 0 Å². The molecule has 1 aromatic carbocycles. The smallest absolute Gasteiger partial charge is 0.123 e. The van der Waals surface area contributed by atoms with Crippen molar-refractivity contribution in [2.45, 2.75) is 20.8 Å². The van der Waals surface area contributed by atoms with Gasteiger partial charge in [0.1, 0.15) is 5.82 Å². The summed E-state index contributed by atoms with van der Waals surface area (Å²) in [5.41, 5.74) is 2.20. The predicted molar refractivity (Wildman–Crippen MR) is 59.0 cm³/mol. The summed E-state index contributed by atoms with van der Waals surface area (Å²) < 4.78 is 14.8. The molecular weight excluding hydrogens is 177 g/mol. The van der Waals surface area contributed by atoms with Gasteiger partial charge >= 0.3 is 0 Å². The lowest BCUT2D eigenvalue weighted by Gasteiger charge is -1.94. The SMILES string of the molecule is CC.Cc1cn(C)c2ccc(F)cc12. The maximum absolute atomic E-state index is 12.8. The lowest BCUT2D eigenvalue weighted by atomic mass is 10.2. The molecule has 0 bridgehead atoms. The molecule has 0 atom stereocenters. The van der Waals surface area contributed by atoms with E-state index in [2.05, 4.69) is 0 Å². The molecule has 0 radical (unpaired) electrons. The number of hydrogen-bond donors (Lipinski definition) is 0. The minimum Gasteiger partial charge on any atom is -0.350 e. The lowest BCUT2D eigenvalue weighted by molar-refractivity contribution is 0.629. The zero-order chi connectivity index (χ0) is 10.7. The highest BCUT2D eigenvalue weighted by molar-refractivity contribution is 5.83. The third-order valence-electron chi connectivity index (χ3n) is 2.15. The van der Waals surface area contributed by atoms with Gasteiger partial charge in [-0.05, 0) is 30.7 Å². The zero-order valence-corrected chi connectivity index (χ0v) is 9.13. The Bertz CT molecular complexity index is 429. The predicted octanol–water partition coefficient (Wildman–Crippen LogP) is 3.65. The van der Waals surface area contributed by atoms with Crippen LogP contribution in [0.5, 0.6) is 0 Å². The quantitative estimate of drug-likeness (QED) is 0.602. The van der Waals surface area contributed by atoms with Crippen molar-refractivity contribution in [3.63, 3.8) is 0 Å². The maximum atomic E-state index is 12.8. The van der Waals surface area contributed by atoms with E-state index in [1.54, 1.807) is 12.1 Å². The molecule has 2 rings (SSSR count). The van der Waals surface area contributed by atoms with E-state index in [0.717, 1.165) is 16.5 Å². The molecule has 0 N–H and O–H groups in total. The van der Waals surface area contributed by atoms with E-state index in [0.29, 0.717) is 0 Å². The Labute approximate surface area is 84.2 Å². The Morgan fingerprint density at radius 3 is 2.50 bits per heavy atom. The van der Waals surface area contributed by atoms with Gasteiger partial charge in [-0.15, -0.1) is 0 Å². The standard InChI is InChI=1S/C10H10FN.C2H6/c1-7-6-12(2)10-4-3-8(11)5-9(7)10;1-2/h3-6H,1-2H3;1-2H3. The van der Waals surface area contributed by atoms with Gasteiger partial charge in [0.15, 0.2) is 0 Å². The van der Waals surface area contributed by atoms with Gasteiger partial charge in [-0.2, -0.15) is 0 Å². The summed E-state index contributed by atoms with van der Waals surface area (Å²) in [4.78, 5) is 0. The van der Waals surface area contributed by atoms with E-state index >= 15 is 0 Å². The van der Waals surface area contributed by atoms with Crippen LogP contribution >= 0.6 is 0 Å². The second kappa shape index (κ2) is 4.27. The molecule has 1 heterocycles. The van der Waals surface area contributed by atoms with Crippen LogP contribution in [0.2, 0.25) is 0 Å². The molecule has 0 fully saturated rings. The molecule has 0 saturated heterocycles. The second-order valence-corrected chi connectivity index (χ2v) is 3.08. The number of nitrogens with zero attached hydrogens (tertiary/aromatic N) is 1. The first-order valence-corrected chi connectivity index (χ1v) is 4.89. The van der Waals surface area contributed by atoms with E-state index in [1.807, 2.05) is 38.6 Å². The van der Waals surface area contributed by atoms with Crippen LogP contribution < -0.4 is 0 Å². The molecular formula is C12H16FN. The van der Waals surface area contributed by atoms with Gasteiger partial charge in [-0.1, -0.05) is 13.8 Å². The molecule has 0 amide bonds. The molecule has 1 aromatic heterocycles. The van der Waals surface area contributed by atoms with Crippen LogP contribution in [0, 0.1) is 12.7 Å². The van der Waals surface area contributed by atoms with Crippen LogP contribution in [0.4, 0.5) is 4.39 Å². The average Bonchev–Trinajstić information content (AvgIpc) is 2.46. The highest BCUT2D eigenvalue weighted by atomic mass is 19.1. The fraction of sp³-hybridized carbons (Fsp3) is 0.333. The summed E-state index contributed by atoms with van der Waals surface area (Å²) >= 11 is 0. The number of halogens is 1. The van der Waals surface area contributed by atoms with Gasteiger partial charge in [0, 0.05) is 24.1 Å². The molecule has 1 nitrogen and oxygen atoms in total. The van der Waals surface area contributed by atoms with Gasteiger partial charge in [-0.25, -0.2) is 4.39 Å². The van der Waals surface area contributed by atoms with Crippen molar-refractivity contribution in [3.8, 4) is 0 Å². The number of rotatable bonds is 0. The third kappa shape index (κ3) is 1.79. The van der Waals surface area contributed by atoms with Gasteiger partial charge in [0.25, 0.3) is 0 Å². The van der Waals surface area contributed by atoms with Crippen LogP contribution in [0.1, 0.15) is 19.4 Å². The largest absolute Gasteiger partial charge is 0.350 e. The molecule has 0 aliphatic carbocycles. The first-order valence-electron chi connectivity index (χ1n) is 4.89. The van der Waals surface area contributed by atoms with Gasteiger partial charge < -0.3 is 4.57 Å². The molecule has 2 heteroatoms. The Hall–Kier alpha value is -1.31. The van der Waals surface area contributed by atoms with E-state index in [4.69, 9.17) is 0 Å². The summed E-state index contributed by atoms with van der Waals surface area (Å²) in [6, 6.07) is 4.87. The van der Waals surface area contributed by atoms with Gasteiger partial charge in [-0.3, -0.25) is 0 Å². The molecule has 0 spiro atoms. The van der Waals surface area contributed by atoms with E-state index in [-0.39, 0.29) is 5.82 Å². The van der Waals surface area contributed by atoms with Crippen LogP contribution in [-0.2, 0) is 7.05 Å². The average molecular weight is 193 g/mol. The number of benzene rings is 1. The van der Waals surface area contributed by atoms with Crippen LogP contribution in [-0.4, -0.2) is 4.57 Å². The van der Waals surface area contributed by atoms with E-state index in [1.165, 1.54) is 6.07 Å². The second-order valence-electron chi connectivity index (χ2n) is 3.08. The molecule has 76 valence electrons. The Morgan fingerprint density at radius 1 is 1.21 bits per heavy atom. The van der Waals surface area contributed by atoms with Gasteiger partial charge in [0.05, 0.1) is 0 Å². The van der Waals surface area contributed by atoms with Crippen molar-refractivity contribution in [1.29, 1.82) is 0 Å². The monoisotopic (exact) mass is 193 g/mol. The minimum atomic E-state index is -0.170. The van der Waals surface area contributed by atoms with Crippen molar-refractivity contribution in [2.75, 3.05) is 0 Å². The highest BCUT2D eigenvalue weighted by Crippen LogP contribution is 2.20. The van der Waals surface area contributed by atoms with Crippen molar-refractivity contribution in [1.82, 2.24) is 4.57 Å². The molecule has 0 aliphatic rings. The van der Waals surface area contributed by atoms with E-state index < -0.39 is 0 Å². The third-order valence-corrected chi connectivity index (χ3v) is 2.15. The Kier molecular flexibility index (Phi) is 3.28. The fourth-order valence-electron chi connectivity index (χ4n) is 1.56. The molecule has 0 aliphatic heterocycles. The van der Waals surface area contributed by atoms with Crippen LogP contribution in [0.15, 0.2) is 24.4 Å². The minimum absolute atomic E-state index is 0.170. The summed E-state index contributed by atoms with van der Waals surface area (Å²) in [6.07, 6.45) is 2.00. The summed E-state index contributed by atoms with van der Waals surface area (Å²) in [7, 11) is 1.97. The Morgan fingerprint density at radius 2 is 1.86 bits per heavy atom. The normalized spacial score (nSPS) is 9.79. The fourth-order valence-corrected chi connectivity index (χ4v) is 1.56. The lowest BCUT2D eigenvalue weighted by Crippen LogP contribution is -1.83. The van der Waals surface area contributed by atoms with Crippen LogP contribution in [0.3, 0.4) is 0 Å². The van der Waals surface area contributed by atoms with Crippen molar-refractivity contribution < 1.29 is 4.39 Å². The zero-order valence-electron chi connectivity index (χ0n) is 9.13. The molecule has 0 saturated carbocycles. The first-order chi connectivity index (χ1) is 6.68. The van der Waals surface area contributed by atoms with Crippen molar-refractivity contribution in [3.05, 3.63) is 35.8 Å². The first kappa shape index (κ1) is 10.8. The summed E-state index contributed by atoms with van der Waals surface area (Å²) in [6.45, 7) is 5.99. The number of aryl methyl sites for hydroxylation is 2. The molecule has 2 aromatic rings. The number of hydrogen-bond acceptors (Lipinski definition) is 0. The van der Waals surface area contributed by atoms with Crippen LogP contribution in [0.25, 0.3) is 10.9 Å². The Balaban J connectivity index is 0.000000461. The molecule has 14 heavy (non-hydrogen) atoms. The number of fused-ring (bicyclic) bond motifs is 1. The van der Waals surface area contributed by atoms with Crippen molar-refractivity contribution >= 4 is 10.9 Å². The highest BCUT2D eigenvalue weighted by Gasteiger charge is 2.02. The van der Waals surface area contributed by atoms with Crippen molar-refractivity contribution in [2.24, 2.45) is 7.05 Å². The summed E-state index contributed by atoms with van der Waals surface area (Å²) in [5, 5.41) is 0.998. The maximum Gasteiger partial charge on any atom is 0.123 e. The van der Waals surface area contributed by atoms with E-state index in [9.17, 15) is 4.39 Å². The summed E-state index contributed by atoms with van der Waals surface area (Å²) in [5.74, 6) is -0.170.